The molecule has 0 fully saturated rings. The average Bonchev–Trinajstić information content (AvgIpc) is 3.19. The summed E-state index contributed by atoms with van der Waals surface area (Å²) in [6.45, 7) is -0.0196. The van der Waals surface area contributed by atoms with Crippen molar-refractivity contribution < 1.29 is 23.5 Å². The number of aromatic nitrogens is 1. The molecular weight excluding hydrogens is 409 g/mol. The summed E-state index contributed by atoms with van der Waals surface area (Å²) in [4.78, 5) is 28.9. The van der Waals surface area contributed by atoms with Gasteiger partial charge in [-0.1, -0.05) is 6.07 Å². The highest BCUT2D eigenvalue weighted by atomic mass is 32.1. The van der Waals surface area contributed by atoms with Crippen molar-refractivity contribution >= 4 is 39.7 Å². The molecule has 1 aliphatic rings. The van der Waals surface area contributed by atoms with E-state index in [4.69, 9.17) is 9.47 Å². The summed E-state index contributed by atoms with van der Waals surface area (Å²) >= 11 is 1.38. The Morgan fingerprint density at radius 1 is 1.30 bits per heavy atom. The largest absolute Gasteiger partial charge is 0.497 e. The van der Waals surface area contributed by atoms with Crippen LogP contribution in [0.25, 0.3) is 0 Å². The van der Waals surface area contributed by atoms with E-state index in [9.17, 15) is 14.0 Å². The van der Waals surface area contributed by atoms with Crippen molar-refractivity contribution in [1.29, 1.82) is 0 Å². The lowest BCUT2D eigenvalue weighted by molar-refractivity contribution is -0.148. The molecule has 1 atom stereocenters. The molecule has 4 rings (SSSR count). The molecule has 1 unspecified atom stereocenters. The number of methoxy groups -OCH3 is 1. The smallest absolute Gasteiger partial charge is 0.314 e. The Morgan fingerprint density at radius 2 is 2.10 bits per heavy atom. The second kappa shape index (κ2) is 8.50. The standard InChI is InChI=1S/C21H18FN3O4S/c1-28-15-5-3-13(4-6-15)23-21-24-14(11-30-21)10-29-20(27)17-9-19(26)25-18-8-12(22)2-7-16(17)18/h2-8,11,17H,9-10H2,1H3,(H,23,24)(H,25,26). The van der Waals surface area contributed by atoms with E-state index in [1.165, 1.54) is 29.5 Å². The summed E-state index contributed by atoms with van der Waals surface area (Å²) in [5.74, 6) is -1.40. The third-order valence-electron chi connectivity index (χ3n) is 4.59. The number of hydrogen-bond acceptors (Lipinski definition) is 7. The Hall–Kier alpha value is -3.46. The van der Waals surface area contributed by atoms with Crippen LogP contribution in [-0.2, 0) is 20.9 Å². The van der Waals surface area contributed by atoms with Gasteiger partial charge in [-0.3, -0.25) is 9.59 Å². The quantitative estimate of drug-likeness (QED) is 0.573. The minimum atomic E-state index is -0.773. The first-order valence-corrected chi connectivity index (χ1v) is 10.0. The molecule has 0 bridgehead atoms. The fraction of sp³-hybridized carbons (Fsp3) is 0.190. The predicted octanol–water partition coefficient (Wildman–Crippen LogP) is 4.20. The molecule has 1 aromatic heterocycles. The molecule has 9 heteroatoms. The van der Waals surface area contributed by atoms with Crippen LogP contribution in [0.3, 0.4) is 0 Å². The van der Waals surface area contributed by atoms with Gasteiger partial charge in [0, 0.05) is 23.2 Å². The lowest BCUT2D eigenvalue weighted by atomic mass is 9.90. The molecule has 2 heterocycles. The first kappa shape index (κ1) is 19.8. The molecular formula is C21H18FN3O4S. The number of benzene rings is 2. The molecule has 2 N–H and O–H groups in total. The van der Waals surface area contributed by atoms with Gasteiger partial charge in [-0.25, -0.2) is 9.37 Å². The minimum absolute atomic E-state index is 0.0196. The van der Waals surface area contributed by atoms with Crippen molar-refractivity contribution in [1.82, 2.24) is 4.98 Å². The maximum absolute atomic E-state index is 13.4. The van der Waals surface area contributed by atoms with E-state index in [1.807, 2.05) is 24.3 Å². The number of rotatable bonds is 6. The van der Waals surface area contributed by atoms with Crippen LogP contribution < -0.4 is 15.4 Å². The molecule has 0 aliphatic carbocycles. The van der Waals surface area contributed by atoms with Crippen LogP contribution >= 0.6 is 11.3 Å². The van der Waals surface area contributed by atoms with Crippen molar-refractivity contribution in [3.05, 3.63) is 64.9 Å². The molecule has 7 nitrogen and oxygen atoms in total. The number of fused-ring (bicyclic) bond motifs is 1. The monoisotopic (exact) mass is 427 g/mol. The van der Waals surface area contributed by atoms with Crippen molar-refractivity contribution in [3.8, 4) is 5.75 Å². The number of hydrogen-bond donors (Lipinski definition) is 2. The van der Waals surface area contributed by atoms with Crippen LogP contribution in [0.4, 0.5) is 20.9 Å². The Kier molecular flexibility index (Phi) is 5.62. The summed E-state index contributed by atoms with van der Waals surface area (Å²) in [6, 6.07) is 11.4. The number of thiazole rings is 1. The van der Waals surface area contributed by atoms with Crippen molar-refractivity contribution in [2.45, 2.75) is 18.9 Å². The molecule has 1 amide bonds. The van der Waals surface area contributed by atoms with Gasteiger partial charge in [-0.2, -0.15) is 0 Å². The second-order valence-electron chi connectivity index (χ2n) is 6.64. The molecule has 2 aromatic carbocycles. The Balaban J connectivity index is 1.38. The zero-order valence-corrected chi connectivity index (χ0v) is 16.8. The van der Waals surface area contributed by atoms with E-state index in [1.54, 1.807) is 12.5 Å². The van der Waals surface area contributed by atoms with Crippen LogP contribution in [-0.4, -0.2) is 24.0 Å². The number of ether oxygens (including phenoxy) is 2. The fourth-order valence-corrected chi connectivity index (χ4v) is 3.84. The number of nitrogens with zero attached hydrogens (tertiary/aromatic N) is 1. The highest BCUT2D eigenvalue weighted by molar-refractivity contribution is 7.13. The van der Waals surface area contributed by atoms with Gasteiger partial charge in [-0.05, 0) is 42.0 Å². The first-order valence-electron chi connectivity index (χ1n) is 9.13. The van der Waals surface area contributed by atoms with E-state index in [0.29, 0.717) is 22.1 Å². The van der Waals surface area contributed by atoms with Crippen LogP contribution in [0.1, 0.15) is 23.6 Å². The van der Waals surface area contributed by atoms with E-state index in [2.05, 4.69) is 15.6 Å². The molecule has 154 valence electrons. The summed E-state index contributed by atoms with van der Waals surface area (Å²) in [6.07, 6.45) is -0.0429. The number of carbonyl (C=O) groups is 2. The topological polar surface area (TPSA) is 89.5 Å². The number of anilines is 3. The maximum atomic E-state index is 13.4. The molecule has 0 saturated heterocycles. The van der Waals surface area contributed by atoms with E-state index < -0.39 is 17.7 Å². The Bertz CT molecular complexity index is 1080. The van der Waals surface area contributed by atoms with Gasteiger partial charge in [0.25, 0.3) is 0 Å². The fourth-order valence-electron chi connectivity index (χ4n) is 3.12. The zero-order chi connectivity index (χ0) is 21.1. The first-order chi connectivity index (χ1) is 14.5. The van der Waals surface area contributed by atoms with Gasteiger partial charge in [-0.15, -0.1) is 11.3 Å². The highest BCUT2D eigenvalue weighted by Crippen LogP contribution is 2.34. The van der Waals surface area contributed by atoms with E-state index >= 15 is 0 Å². The predicted molar refractivity (Wildman–Crippen MR) is 111 cm³/mol. The average molecular weight is 427 g/mol. The number of esters is 1. The highest BCUT2D eigenvalue weighted by Gasteiger charge is 2.32. The van der Waals surface area contributed by atoms with Crippen LogP contribution in [0, 0.1) is 5.82 Å². The van der Waals surface area contributed by atoms with Gasteiger partial charge in [0.2, 0.25) is 5.91 Å². The van der Waals surface area contributed by atoms with Crippen molar-refractivity contribution in [2.75, 3.05) is 17.7 Å². The van der Waals surface area contributed by atoms with Crippen LogP contribution in [0.15, 0.2) is 47.8 Å². The van der Waals surface area contributed by atoms with Gasteiger partial charge in [0.05, 0.1) is 18.7 Å². The summed E-state index contributed by atoms with van der Waals surface area (Å²) in [5.41, 5.74) is 2.28. The third kappa shape index (κ3) is 4.41. The Morgan fingerprint density at radius 3 is 2.87 bits per heavy atom. The minimum Gasteiger partial charge on any atom is -0.497 e. The molecule has 1 aliphatic heterocycles. The lowest BCUT2D eigenvalue weighted by Gasteiger charge is -2.24. The van der Waals surface area contributed by atoms with Gasteiger partial charge >= 0.3 is 5.97 Å². The second-order valence-corrected chi connectivity index (χ2v) is 7.50. The molecule has 0 spiro atoms. The van der Waals surface area contributed by atoms with Gasteiger partial charge in [0.15, 0.2) is 5.13 Å². The summed E-state index contributed by atoms with van der Waals surface area (Å²) in [5, 5.41) is 8.20. The van der Waals surface area contributed by atoms with Crippen LogP contribution in [0.2, 0.25) is 0 Å². The molecule has 30 heavy (non-hydrogen) atoms. The van der Waals surface area contributed by atoms with Crippen molar-refractivity contribution in [3.63, 3.8) is 0 Å². The number of carbonyl (C=O) groups excluding carboxylic acids is 2. The van der Waals surface area contributed by atoms with Crippen molar-refractivity contribution in [2.24, 2.45) is 0 Å². The van der Waals surface area contributed by atoms with Crippen LogP contribution in [0.5, 0.6) is 5.75 Å². The lowest BCUT2D eigenvalue weighted by Crippen LogP contribution is -2.28. The van der Waals surface area contributed by atoms with E-state index in [-0.39, 0.29) is 18.9 Å². The normalized spacial score (nSPS) is 15.1. The Labute approximate surface area is 175 Å². The zero-order valence-electron chi connectivity index (χ0n) is 16.0. The number of nitrogens with one attached hydrogen (secondary N) is 2. The molecule has 3 aromatic rings. The van der Waals surface area contributed by atoms with Gasteiger partial charge < -0.3 is 20.1 Å². The van der Waals surface area contributed by atoms with Gasteiger partial charge in [0.1, 0.15) is 18.2 Å². The maximum Gasteiger partial charge on any atom is 0.314 e. The molecule has 0 saturated carbocycles. The summed E-state index contributed by atoms with van der Waals surface area (Å²) in [7, 11) is 1.60. The number of amides is 1. The summed E-state index contributed by atoms with van der Waals surface area (Å²) < 4.78 is 23.9. The van der Waals surface area contributed by atoms with E-state index in [0.717, 1.165) is 11.4 Å². The molecule has 0 radical (unpaired) electrons. The number of halogens is 1. The third-order valence-corrected chi connectivity index (χ3v) is 5.40. The SMILES string of the molecule is COc1ccc(Nc2nc(COC(=O)C3CC(=O)Nc4cc(F)ccc43)cs2)cc1.